The summed E-state index contributed by atoms with van der Waals surface area (Å²) in [6.45, 7) is 8.28. The Morgan fingerprint density at radius 1 is 0.973 bits per heavy atom. The molecule has 0 heterocycles. The Balaban J connectivity index is 1.40. The number of nitrogens with one attached hydrogen (secondary N) is 1. The Morgan fingerprint density at radius 2 is 1.70 bits per heavy atom. The van der Waals surface area contributed by atoms with E-state index < -0.39 is 5.60 Å². The largest absolute Gasteiger partial charge is 0.456 e. The fourth-order valence-corrected chi connectivity index (χ4v) is 4.44. The molecule has 0 spiro atoms. The molecule has 0 saturated heterocycles. The van der Waals surface area contributed by atoms with Crippen LogP contribution in [0.2, 0.25) is 0 Å². The molecule has 0 aromatic heterocycles. The number of hydrogen-bond acceptors (Lipinski definition) is 5. The predicted octanol–water partition coefficient (Wildman–Crippen LogP) is 6.58. The molecule has 1 N–H and O–H groups in total. The molecule has 3 aromatic rings. The van der Waals surface area contributed by atoms with Gasteiger partial charge in [-0.05, 0) is 74.4 Å². The second-order valence-corrected chi connectivity index (χ2v) is 10.4. The molecule has 0 unspecified atom stereocenters. The van der Waals surface area contributed by atoms with Gasteiger partial charge in [-0.2, -0.15) is 0 Å². The molecule has 0 fully saturated rings. The first-order valence-corrected chi connectivity index (χ1v) is 12.8. The molecule has 5 heteroatoms. The van der Waals surface area contributed by atoms with Gasteiger partial charge in [0.05, 0.1) is 5.56 Å². The molecule has 37 heavy (non-hydrogen) atoms. The van der Waals surface area contributed by atoms with E-state index in [9.17, 15) is 9.59 Å². The Hall–Kier alpha value is -3.70. The Kier molecular flexibility index (Phi) is 8.24. The summed E-state index contributed by atoms with van der Waals surface area (Å²) < 4.78 is 11.5. The number of carbonyl (C=O) groups excluding carboxylic acids is 2. The van der Waals surface area contributed by atoms with Crippen LogP contribution in [0.5, 0.6) is 0 Å². The predicted molar refractivity (Wildman–Crippen MR) is 146 cm³/mol. The van der Waals surface area contributed by atoms with E-state index in [-0.39, 0.29) is 18.0 Å². The van der Waals surface area contributed by atoms with Gasteiger partial charge in [-0.3, -0.25) is 0 Å². The third-order valence-corrected chi connectivity index (χ3v) is 6.35. The minimum absolute atomic E-state index is 0.181. The Morgan fingerprint density at radius 3 is 2.46 bits per heavy atom. The van der Waals surface area contributed by atoms with Gasteiger partial charge in [-0.25, -0.2) is 9.59 Å². The van der Waals surface area contributed by atoms with E-state index in [0.29, 0.717) is 24.2 Å². The third-order valence-electron chi connectivity index (χ3n) is 6.35. The molecule has 0 amide bonds. The molecular formula is C32H35NO4. The second-order valence-electron chi connectivity index (χ2n) is 10.4. The number of benzene rings is 3. The normalized spacial score (nSPS) is 15.2. The lowest BCUT2D eigenvalue weighted by molar-refractivity contribution is -0.144. The highest BCUT2D eigenvalue weighted by molar-refractivity contribution is 5.93. The summed E-state index contributed by atoms with van der Waals surface area (Å²) >= 11 is 0. The summed E-state index contributed by atoms with van der Waals surface area (Å²) in [6.07, 6.45) is 3.40. The van der Waals surface area contributed by atoms with E-state index >= 15 is 0 Å². The first-order chi connectivity index (χ1) is 17.7. The monoisotopic (exact) mass is 497 g/mol. The first kappa shape index (κ1) is 26.4. The fourth-order valence-electron chi connectivity index (χ4n) is 4.44. The van der Waals surface area contributed by atoms with Crippen LogP contribution in [0.15, 0.2) is 84.4 Å². The molecule has 3 aromatic carbocycles. The van der Waals surface area contributed by atoms with E-state index in [1.54, 1.807) is 6.92 Å². The van der Waals surface area contributed by atoms with Gasteiger partial charge in [0, 0.05) is 18.7 Å². The van der Waals surface area contributed by atoms with Crippen LogP contribution in [-0.2, 0) is 27.2 Å². The van der Waals surface area contributed by atoms with Crippen molar-refractivity contribution in [1.82, 2.24) is 5.32 Å². The lowest BCUT2D eigenvalue weighted by Gasteiger charge is -2.21. The van der Waals surface area contributed by atoms with Crippen LogP contribution in [0.25, 0.3) is 11.1 Å². The van der Waals surface area contributed by atoms with E-state index in [4.69, 9.17) is 9.47 Å². The standard InChI is InChI=1S/C32H35NO4/c1-22(30(34)36-29-17-16-24-12-8-9-13-27(24)29)18-19-33-21-26-15-14-25(23-10-6-5-7-11-23)20-28(26)31(35)37-32(2,3)4/h5-15,18,20,29,33H,16-17,19,21H2,1-4H3/b22-18+/t29-/m1/s1. The van der Waals surface area contributed by atoms with Crippen LogP contribution in [0.3, 0.4) is 0 Å². The highest BCUT2D eigenvalue weighted by Crippen LogP contribution is 2.34. The van der Waals surface area contributed by atoms with Gasteiger partial charge in [0.2, 0.25) is 0 Å². The van der Waals surface area contributed by atoms with Crippen LogP contribution in [0.1, 0.15) is 67.3 Å². The minimum atomic E-state index is -0.593. The summed E-state index contributed by atoms with van der Waals surface area (Å²) in [5, 5.41) is 3.32. The summed E-state index contributed by atoms with van der Waals surface area (Å²) in [5.41, 5.74) is 5.69. The average molecular weight is 498 g/mol. The maximum atomic E-state index is 13.0. The van der Waals surface area contributed by atoms with Gasteiger partial charge in [0.1, 0.15) is 11.7 Å². The van der Waals surface area contributed by atoms with Crippen LogP contribution in [0, 0.1) is 0 Å². The summed E-state index contributed by atoms with van der Waals surface area (Å²) in [7, 11) is 0. The molecule has 1 aliphatic rings. The van der Waals surface area contributed by atoms with Gasteiger partial charge in [0.15, 0.2) is 0 Å². The van der Waals surface area contributed by atoms with E-state index in [1.807, 2.05) is 93.6 Å². The van der Waals surface area contributed by atoms with Gasteiger partial charge in [-0.1, -0.05) is 72.8 Å². The highest BCUT2D eigenvalue weighted by atomic mass is 16.6. The van der Waals surface area contributed by atoms with Crippen molar-refractivity contribution in [2.75, 3.05) is 6.54 Å². The Labute approximate surface area is 219 Å². The first-order valence-electron chi connectivity index (χ1n) is 12.8. The number of carbonyl (C=O) groups is 2. The SMILES string of the molecule is C/C(=C\CNCc1ccc(-c2ccccc2)cc1C(=O)OC(C)(C)C)C(=O)O[C@@H]1CCc2ccccc21. The van der Waals surface area contributed by atoms with Gasteiger partial charge >= 0.3 is 11.9 Å². The zero-order valence-electron chi connectivity index (χ0n) is 22.0. The van der Waals surface area contributed by atoms with Crippen molar-refractivity contribution in [1.29, 1.82) is 0 Å². The minimum Gasteiger partial charge on any atom is -0.456 e. The molecule has 5 nitrogen and oxygen atoms in total. The van der Waals surface area contributed by atoms with Gasteiger partial charge in [-0.15, -0.1) is 0 Å². The molecule has 1 aliphatic carbocycles. The molecule has 0 radical (unpaired) electrons. The smallest absolute Gasteiger partial charge is 0.338 e. The molecule has 0 saturated carbocycles. The van der Waals surface area contributed by atoms with Crippen LogP contribution in [-0.4, -0.2) is 24.1 Å². The number of esters is 2. The van der Waals surface area contributed by atoms with E-state index in [0.717, 1.165) is 35.1 Å². The summed E-state index contributed by atoms with van der Waals surface area (Å²) in [4.78, 5) is 25.7. The maximum Gasteiger partial charge on any atom is 0.338 e. The zero-order chi connectivity index (χ0) is 26.4. The Bertz CT molecular complexity index is 1290. The topological polar surface area (TPSA) is 64.6 Å². The average Bonchev–Trinajstić information content (AvgIpc) is 3.28. The zero-order valence-corrected chi connectivity index (χ0v) is 22.0. The molecule has 0 aliphatic heterocycles. The quantitative estimate of drug-likeness (QED) is 0.216. The maximum absolute atomic E-state index is 13.0. The van der Waals surface area contributed by atoms with Gasteiger partial charge < -0.3 is 14.8 Å². The van der Waals surface area contributed by atoms with Crippen LogP contribution in [0.4, 0.5) is 0 Å². The lowest BCUT2D eigenvalue weighted by atomic mass is 9.98. The van der Waals surface area contributed by atoms with Crippen molar-refractivity contribution < 1.29 is 19.1 Å². The summed E-state index contributed by atoms with van der Waals surface area (Å²) in [5.74, 6) is -0.653. The number of ether oxygens (including phenoxy) is 2. The van der Waals surface area contributed by atoms with Crippen LogP contribution < -0.4 is 5.32 Å². The van der Waals surface area contributed by atoms with Crippen LogP contribution >= 0.6 is 0 Å². The van der Waals surface area contributed by atoms with Crippen molar-refractivity contribution in [3.63, 3.8) is 0 Å². The van der Waals surface area contributed by atoms with Crippen molar-refractivity contribution in [2.24, 2.45) is 0 Å². The van der Waals surface area contributed by atoms with E-state index in [1.165, 1.54) is 5.56 Å². The lowest BCUT2D eigenvalue weighted by Crippen LogP contribution is -2.25. The van der Waals surface area contributed by atoms with E-state index in [2.05, 4.69) is 11.4 Å². The number of hydrogen-bond donors (Lipinski definition) is 1. The second kappa shape index (κ2) is 11.6. The number of rotatable bonds is 8. The van der Waals surface area contributed by atoms with Crippen molar-refractivity contribution in [2.45, 2.75) is 58.8 Å². The fraction of sp³-hybridized carbons (Fsp3) is 0.312. The van der Waals surface area contributed by atoms with Gasteiger partial charge in [0.25, 0.3) is 0 Å². The molecule has 1 atom stereocenters. The molecule has 192 valence electrons. The summed E-state index contributed by atoms with van der Waals surface area (Å²) in [6, 6.07) is 23.9. The number of fused-ring (bicyclic) bond motifs is 1. The van der Waals surface area contributed by atoms with Crippen molar-refractivity contribution in [3.8, 4) is 11.1 Å². The number of aryl methyl sites for hydroxylation is 1. The molecule has 0 bridgehead atoms. The molecule has 4 rings (SSSR count). The van der Waals surface area contributed by atoms with Crippen molar-refractivity contribution in [3.05, 3.63) is 107 Å². The highest BCUT2D eigenvalue weighted by Gasteiger charge is 2.25. The van der Waals surface area contributed by atoms with Crippen molar-refractivity contribution >= 4 is 11.9 Å². The third kappa shape index (κ3) is 6.95. The molecular weight excluding hydrogens is 462 g/mol.